The van der Waals surface area contributed by atoms with Gasteiger partial charge in [-0.2, -0.15) is 4.98 Å². The molecule has 16 heavy (non-hydrogen) atoms. The van der Waals surface area contributed by atoms with Gasteiger partial charge in [-0.05, 0) is 28.8 Å². The molecule has 0 radical (unpaired) electrons. The SMILES string of the molecule is Nc1cc(Br)nc(NC2CCCNC2=O)n1. The lowest BCUT2D eigenvalue weighted by Crippen LogP contribution is -2.44. The molecule has 6 nitrogen and oxygen atoms in total. The number of halogens is 1. The van der Waals surface area contributed by atoms with E-state index < -0.39 is 0 Å². The summed E-state index contributed by atoms with van der Waals surface area (Å²) in [4.78, 5) is 19.6. The Morgan fingerprint density at radius 1 is 1.56 bits per heavy atom. The van der Waals surface area contributed by atoms with Gasteiger partial charge in [0.25, 0.3) is 0 Å². The highest BCUT2D eigenvalue weighted by atomic mass is 79.9. The van der Waals surface area contributed by atoms with Crippen molar-refractivity contribution in [2.24, 2.45) is 0 Å². The van der Waals surface area contributed by atoms with Crippen LogP contribution in [0.15, 0.2) is 10.7 Å². The Balaban J connectivity index is 2.10. The number of hydrogen-bond acceptors (Lipinski definition) is 5. The largest absolute Gasteiger partial charge is 0.383 e. The summed E-state index contributed by atoms with van der Waals surface area (Å²) in [6.45, 7) is 0.735. The van der Waals surface area contributed by atoms with Crippen molar-refractivity contribution in [2.75, 3.05) is 17.6 Å². The lowest BCUT2D eigenvalue weighted by Gasteiger charge is -2.22. The Bertz CT molecular complexity index is 391. The zero-order valence-electron chi connectivity index (χ0n) is 8.53. The van der Waals surface area contributed by atoms with E-state index in [0.717, 1.165) is 19.4 Å². The molecule has 4 N–H and O–H groups in total. The van der Waals surface area contributed by atoms with Crippen LogP contribution in [-0.2, 0) is 4.79 Å². The maximum absolute atomic E-state index is 11.5. The molecule has 0 aromatic carbocycles. The van der Waals surface area contributed by atoms with Crippen molar-refractivity contribution >= 4 is 33.6 Å². The van der Waals surface area contributed by atoms with Gasteiger partial charge in [0.2, 0.25) is 11.9 Å². The summed E-state index contributed by atoms with van der Waals surface area (Å²) in [5, 5.41) is 5.75. The second kappa shape index (κ2) is 4.65. The monoisotopic (exact) mass is 285 g/mol. The molecule has 0 aliphatic carbocycles. The van der Waals surface area contributed by atoms with Gasteiger partial charge in [-0.3, -0.25) is 4.79 Å². The molecule has 1 saturated heterocycles. The Morgan fingerprint density at radius 2 is 2.38 bits per heavy atom. The Morgan fingerprint density at radius 3 is 3.06 bits per heavy atom. The van der Waals surface area contributed by atoms with Crippen LogP contribution in [0.25, 0.3) is 0 Å². The normalized spacial score (nSPS) is 20.3. The van der Waals surface area contributed by atoms with Crippen LogP contribution in [-0.4, -0.2) is 28.5 Å². The average Bonchev–Trinajstić information content (AvgIpc) is 2.20. The summed E-state index contributed by atoms with van der Waals surface area (Å²) in [6, 6.07) is 1.33. The molecule has 0 spiro atoms. The van der Waals surface area contributed by atoms with Crippen LogP contribution in [0.2, 0.25) is 0 Å². The van der Waals surface area contributed by atoms with Crippen molar-refractivity contribution in [2.45, 2.75) is 18.9 Å². The van der Waals surface area contributed by atoms with Gasteiger partial charge in [0, 0.05) is 12.6 Å². The van der Waals surface area contributed by atoms with Crippen molar-refractivity contribution in [1.29, 1.82) is 0 Å². The Kier molecular flexibility index (Phi) is 3.23. The third-order valence-electron chi connectivity index (χ3n) is 2.30. The standard InChI is InChI=1S/C9H12BrN5O/c10-6-4-7(11)15-9(14-6)13-5-2-1-3-12-8(5)16/h4-5H,1-3H2,(H,12,16)(H3,11,13,14,15). The number of anilines is 2. The third-order valence-corrected chi connectivity index (χ3v) is 2.71. The summed E-state index contributed by atoms with van der Waals surface area (Å²) >= 11 is 3.22. The van der Waals surface area contributed by atoms with E-state index in [1.54, 1.807) is 6.07 Å². The lowest BCUT2D eigenvalue weighted by atomic mass is 10.1. The van der Waals surface area contributed by atoms with E-state index in [9.17, 15) is 4.79 Å². The van der Waals surface area contributed by atoms with E-state index in [0.29, 0.717) is 16.4 Å². The van der Waals surface area contributed by atoms with Gasteiger partial charge in [0.15, 0.2) is 0 Å². The minimum absolute atomic E-state index is 0.0200. The maximum Gasteiger partial charge on any atom is 0.242 e. The quantitative estimate of drug-likeness (QED) is 0.689. The number of nitrogens with two attached hydrogens (primary N) is 1. The van der Waals surface area contributed by atoms with E-state index in [1.807, 2.05) is 0 Å². The molecule has 1 atom stereocenters. The number of carbonyl (C=O) groups is 1. The van der Waals surface area contributed by atoms with Crippen molar-refractivity contribution in [3.63, 3.8) is 0 Å². The smallest absolute Gasteiger partial charge is 0.242 e. The first-order valence-corrected chi connectivity index (χ1v) is 5.79. The van der Waals surface area contributed by atoms with Crippen LogP contribution in [0.3, 0.4) is 0 Å². The topological polar surface area (TPSA) is 92.9 Å². The number of hydrogen-bond donors (Lipinski definition) is 3. The van der Waals surface area contributed by atoms with E-state index in [1.165, 1.54) is 0 Å². The molecule has 7 heteroatoms. The Labute approximate surface area is 101 Å². The van der Waals surface area contributed by atoms with Gasteiger partial charge in [0.05, 0.1) is 0 Å². The molecule has 1 fully saturated rings. The van der Waals surface area contributed by atoms with Gasteiger partial charge in [-0.15, -0.1) is 0 Å². The summed E-state index contributed by atoms with van der Waals surface area (Å²) in [5.74, 6) is 0.711. The first kappa shape index (κ1) is 11.1. The minimum Gasteiger partial charge on any atom is -0.383 e. The van der Waals surface area contributed by atoms with Crippen molar-refractivity contribution in [3.05, 3.63) is 10.7 Å². The second-order valence-electron chi connectivity index (χ2n) is 3.57. The fourth-order valence-electron chi connectivity index (χ4n) is 1.57. The fourth-order valence-corrected chi connectivity index (χ4v) is 1.97. The average molecular weight is 286 g/mol. The molecule has 1 aromatic heterocycles. The molecule has 2 heterocycles. The number of rotatable bonds is 2. The molecule has 86 valence electrons. The highest BCUT2D eigenvalue weighted by molar-refractivity contribution is 9.10. The summed E-state index contributed by atoms with van der Waals surface area (Å²) in [5.41, 5.74) is 5.58. The zero-order chi connectivity index (χ0) is 11.5. The molecule has 1 aromatic rings. The van der Waals surface area contributed by atoms with Gasteiger partial charge < -0.3 is 16.4 Å². The number of piperidine rings is 1. The van der Waals surface area contributed by atoms with E-state index in [4.69, 9.17) is 5.73 Å². The highest BCUT2D eigenvalue weighted by Gasteiger charge is 2.22. The molecule has 0 bridgehead atoms. The summed E-state index contributed by atoms with van der Waals surface area (Å²) in [6.07, 6.45) is 1.73. The number of amides is 1. The number of nitrogens with one attached hydrogen (secondary N) is 2. The van der Waals surface area contributed by atoms with Gasteiger partial charge in [0.1, 0.15) is 16.5 Å². The third kappa shape index (κ3) is 2.60. The van der Waals surface area contributed by atoms with Crippen LogP contribution in [0, 0.1) is 0 Å². The predicted octanol–water partition coefficient (Wildman–Crippen LogP) is 0.512. The molecular formula is C9H12BrN5O. The molecular weight excluding hydrogens is 274 g/mol. The van der Waals surface area contributed by atoms with Gasteiger partial charge >= 0.3 is 0 Å². The van der Waals surface area contributed by atoms with Crippen molar-refractivity contribution in [1.82, 2.24) is 15.3 Å². The highest BCUT2D eigenvalue weighted by Crippen LogP contribution is 2.15. The number of aromatic nitrogens is 2. The number of nitrogen functional groups attached to an aromatic ring is 1. The van der Waals surface area contributed by atoms with E-state index >= 15 is 0 Å². The first-order chi connectivity index (χ1) is 7.65. The fraction of sp³-hybridized carbons (Fsp3) is 0.444. The van der Waals surface area contributed by atoms with Gasteiger partial charge in [-0.1, -0.05) is 0 Å². The molecule has 1 aliphatic heterocycles. The zero-order valence-corrected chi connectivity index (χ0v) is 10.1. The van der Waals surface area contributed by atoms with E-state index in [-0.39, 0.29) is 11.9 Å². The molecule has 1 amide bonds. The van der Waals surface area contributed by atoms with Crippen LogP contribution in [0.5, 0.6) is 0 Å². The molecule has 1 unspecified atom stereocenters. The van der Waals surface area contributed by atoms with E-state index in [2.05, 4.69) is 36.5 Å². The minimum atomic E-state index is -0.276. The molecule has 0 saturated carbocycles. The van der Waals surface area contributed by atoms with Crippen LogP contribution >= 0.6 is 15.9 Å². The lowest BCUT2D eigenvalue weighted by molar-refractivity contribution is -0.123. The van der Waals surface area contributed by atoms with Crippen molar-refractivity contribution in [3.8, 4) is 0 Å². The second-order valence-corrected chi connectivity index (χ2v) is 4.38. The summed E-state index contributed by atoms with van der Waals surface area (Å²) < 4.78 is 0.596. The number of nitrogens with zero attached hydrogens (tertiary/aromatic N) is 2. The molecule has 1 aliphatic rings. The predicted molar refractivity (Wildman–Crippen MR) is 63.8 cm³/mol. The molecule has 2 rings (SSSR count). The van der Waals surface area contributed by atoms with Crippen LogP contribution < -0.4 is 16.4 Å². The maximum atomic E-state index is 11.5. The van der Waals surface area contributed by atoms with Crippen LogP contribution in [0.1, 0.15) is 12.8 Å². The number of carbonyl (C=O) groups excluding carboxylic acids is 1. The Hall–Kier alpha value is -1.37. The van der Waals surface area contributed by atoms with Crippen molar-refractivity contribution < 1.29 is 4.79 Å². The first-order valence-electron chi connectivity index (χ1n) is 4.99. The summed E-state index contributed by atoms with van der Waals surface area (Å²) in [7, 11) is 0. The van der Waals surface area contributed by atoms with Crippen LogP contribution in [0.4, 0.5) is 11.8 Å². The van der Waals surface area contributed by atoms with Gasteiger partial charge in [-0.25, -0.2) is 4.98 Å².